The van der Waals surface area contributed by atoms with Crippen molar-refractivity contribution >= 4 is 31.9 Å². The van der Waals surface area contributed by atoms with E-state index in [-0.39, 0.29) is 0 Å². The highest BCUT2D eigenvalue weighted by Gasteiger charge is 2.15. The van der Waals surface area contributed by atoms with E-state index >= 15 is 0 Å². The minimum absolute atomic E-state index is 0.637. The molecule has 1 N–H and O–H groups in total. The molecule has 0 bridgehead atoms. The smallest absolute Gasteiger partial charge is 0.0686 e. The summed E-state index contributed by atoms with van der Waals surface area (Å²) in [6.45, 7) is 3.13. The summed E-state index contributed by atoms with van der Waals surface area (Å²) in [5.74, 6) is 0. The van der Waals surface area contributed by atoms with Crippen LogP contribution in [-0.4, -0.2) is 36.1 Å². The summed E-state index contributed by atoms with van der Waals surface area (Å²) in [7, 11) is 2.16. The van der Waals surface area contributed by atoms with Crippen molar-refractivity contribution in [1.82, 2.24) is 15.2 Å². The summed E-state index contributed by atoms with van der Waals surface area (Å²) in [4.78, 5) is 6.79. The first kappa shape index (κ1) is 14.4. The molecule has 18 heavy (non-hydrogen) atoms. The van der Waals surface area contributed by atoms with Gasteiger partial charge in [0, 0.05) is 34.3 Å². The Labute approximate surface area is 126 Å². The first-order valence-corrected chi connectivity index (χ1v) is 7.95. The van der Waals surface area contributed by atoms with Gasteiger partial charge in [-0.3, -0.25) is 9.88 Å². The molecule has 1 aliphatic rings. The van der Waals surface area contributed by atoms with E-state index in [1.54, 1.807) is 0 Å². The van der Waals surface area contributed by atoms with E-state index in [1.165, 1.54) is 25.8 Å². The topological polar surface area (TPSA) is 28.2 Å². The number of rotatable bonds is 4. The van der Waals surface area contributed by atoms with Gasteiger partial charge >= 0.3 is 0 Å². The number of likely N-dealkylation sites (N-methyl/N-ethyl adjacent to an activating group) is 1. The lowest BCUT2D eigenvalue weighted by atomic mass is 10.0. The highest BCUT2D eigenvalue weighted by molar-refractivity contribution is 9.11. The van der Waals surface area contributed by atoms with Crippen molar-refractivity contribution < 1.29 is 0 Å². The van der Waals surface area contributed by atoms with Crippen molar-refractivity contribution in [3.8, 4) is 0 Å². The number of aromatic nitrogens is 1. The van der Waals surface area contributed by atoms with Crippen molar-refractivity contribution in [3.63, 3.8) is 0 Å². The molecule has 0 radical (unpaired) electrons. The zero-order valence-electron chi connectivity index (χ0n) is 10.6. The molecule has 1 fully saturated rings. The van der Waals surface area contributed by atoms with Gasteiger partial charge in [0.2, 0.25) is 0 Å². The highest BCUT2D eigenvalue weighted by Crippen LogP contribution is 2.20. The standard InChI is InChI=1S/C13H19Br2N3/c1-18(8-11-4-2-3-5-16-11)9-13-12(15)6-10(14)7-17-13/h6-7,11,16H,2-5,8-9H2,1H3. The van der Waals surface area contributed by atoms with Gasteiger partial charge in [0.25, 0.3) is 0 Å². The SMILES string of the molecule is CN(Cc1ncc(Br)cc1Br)CC1CCCCN1. The number of nitrogens with zero attached hydrogens (tertiary/aromatic N) is 2. The van der Waals surface area contributed by atoms with Crippen LogP contribution in [0.5, 0.6) is 0 Å². The first-order chi connectivity index (χ1) is 8.65. The van der Waals surface area contributed by atoms with Gasteiger partial charge < -0.3 is 5.32 Å². The summed E-state index contributed by atoms with van der Waals surface area (Å²) in [6.07, 6.45) is 5.82. The van der Waals surface area contributed by atoms with Crippen molar-refractivity contribution in [2.45, 2.75) is 31.8 Å². The van der Waals surface area contributed by atoms with E-state index in [4.69, 9.17) is 0 Å². The summed E-state index contributed by atoms with van der Waals surface area (Å²) in [6, 6.07) is 2.69. The Kier molecular flexibility index (Phi) is 5.60. The summed E-state index contributed by atoms with van der Waals surface area (Å²) in [5, 5.41) is 3.58. The number of piperidine rings is 1. The van der Waals surface area contributed by atoms with Crippen molar-refractivity contribution in [2.75, 3.05) is 20.1 Å². The molecule has 0 amide bonds. The van der Waals surface area contributed by atoms with Crippen LogP contribution in [0.3, 0.4) is 0 Å². The Hall–Kier alpha value is 0.0300. The van der Waals surface area contributed by atoms with Gasteiger partial charge in [0.1, 0.15) is 0 Å². The predicted octanol–water partition coefficient (Wildman–Crippen LogP) is 3.18. The second kappa shape index (κ2) is 6.98. The molecular formula is C13H19Br2N3. The molecule has 0 aromatic carbocycles. The molecular weight excluding hydrogens is 358 g/mol. The van der Waals surface area contributed by atoms with E-state index in [9.17, 15) is 0 Å². The molecule has 0 saturated carbocycles. The van der Waals surface area contributed by atoms with Crippen LogP contribution in [0.25, 0.3) is 0 Å². The Bertz CT molecular complexity index is 392. The molecule has 5 heteroatoms. The Morgan fingerprint density at radius 1 is 1.44 bits per heavy atom. The second-order valence-corrected chi connectivity index (χ2v) is 6.70. The van der Waals surface area contributed by atoms with Crippen LogP contribution >= 0.6 is 31.9 Å². The molecule has 1 atom stereocenters. The monoisotopic (exact) mass is 375 g/mol. The Morgan fingerprint density at radius 2 is 2.28 bits per heavy atom. The molecule has 0 spiro atoms. The van der Waals surface area contributed by atoms with Gasteiger partial charge in [-0.25, -0.2) is 0 Å². The summed E-state index contributed by atoms with van der Waals surface area (Å²) < 4.78 is 2.08. The van der Waals surface area contributed by atoms with Crippen LogP contribution in [0.15, 0.2) is 21.2 Å². The van der Waals surface area contributed by atoms with Crippen LogP contribution in [0.4, 0.5) is 0 Å². The van der Waals surface area contributed by atoms with E-state index in [1.807, 2.05) is 6.20 Å². The zero-order valence-corrected chi connectivity index (χ0v) is 13.8. The van der Waals surface area contributed by atoms with E-state index in [0.29, 0.717) is 6.04 Å². The number of hydrogen-bond acceptors (Lipinski definition) is 3. The lowest BCUT2D eigenvalue weighted by Crippen LogP contribution is -2.42. The molecule has 1 saturated heterocycles. The summed E-state index contributed by atoms with van der Waals surface area (Å²) >= 11 is 6.99. The molecule has 2 rings (SSSR count). The second-order valence-electron chi connectivity index (χ2n) is 4.93. The minimum Gasteiger partial charge on any atom is -0.313 e. The largest absolute Gasteiger partial charge is 0.313 e. The fraction of sp³-hybridized carbons (Fsp3) is 0.615. The lowest BCUT2D eigenvalue weighted by Gasteiger charge is -2.28. The third-order valence-corrected chi connectivity index (χ3v) is 4.37. The third kappa shape index (κ3) is 4.30. The van der Waals surface area contributed by atoms with Gasteiger partial charge in [0.05, 0.1) is 5.69 Å². The van der Waals surface area contributed by atoms with Crippen molar-refractivity contribution in [2.24, 2.45) is 0 Å². The van der Waals surface area contributed by atoms with E-state index in [0.717, 1.165) is 27.7 Å². The molecule has 100 valence electrons. The maximum absolute atomic E-state index is 4.46. The van der Waals surface area contributed by atoms with Gasteiger partial charge in [0.15, 0.2) is 0 Å². The average Bonchev–Trinajstić information content (AvgIpc) is 2.34. The quantitative estimate of drug-likeness (QED) is 0.874. The summed E-state index contributed by atoms with van der Waals surface area (Å²) in [5.41, 5.74) is 1.09. The van der Waals surface area contributed by atoms with Gasteiger partial charge in [-0.05, 0) is 64.4 Å². The number of nitrogens with one attached hydrogen (secondary N) is 1. The zero-order chi connectivity index (χ0) is 13.0. The van der Waals surface area contributed by atoms with E-state index < -0.39 is 0 Å². The first-order valence-electron chi connectivity index (χ1n) is 6.37. The molecule has 1 aliphatic heterocycles. The van der Waals surface area contributed by atoms with Crippen LogP contribution in [0, 0.1) is 0 Å². The van der Waals surface area contributed by atoms with Crippen LogP contribution < -0.4 is 5.32 Å². The third-order valence-electron chi connectivity index (χ3n) is 3.25. The van der Waals surface area contributed by atoms with Crippen molar-refractivity contribution in [1.29, 1.82) is 0 Å². The Balaban J connectivity index is 1.87. The van der Waals surface area contributed by atoms with E-state index in [2.05, 4.69) is 60.2 Å². The average molecular weight is 377 g/mol. The van der Waals surface area contributed by atoms with Crippen molar-refractivity contribution in [3.05, 3.63) is 26.9 Å². The predicted molar refractivity (Wildman–Crippen MR) is 81.6 cm³/mol. The van der Waals surface area contributed by atoms with Gasteiger partial charge in [-0.15, -0.1) is 0 Å². The fourth-order valence-electron chi connectivity index (χ4n) is 2.34. The molecule has 1 unspecified atom stereocenters. The molecule has 1 aromatic rings. The maximum atomic E-state index is 4.46. The molecule has 0 aliphatic carbocycles. The molecule has 3 nitrogen and oxygen atoms in total. The Morgan fingerprint density at radius 3 is 2.94 bits per heavy atom. The van der Waals surface area contributed by atoms with Crippen LogP contribution in [-0.2, 0) is 6.54 Å². The highest BCUT2D eigenvalue weighted by atomic mass is 79.9. The minimum atomic E-state index is 0.637. The van der Waals surface area contributed by atoms with Crippen LogP contribution in [0.1, 0.15) is 25.0 Å². The van der Waals surface area contributed by atoms with Crippen LogP contribution in [0.2, 0.25) is 0 Å². The number of halogens is 2. The van der Waals surface area contributed by atoms with Gasteiger partial charge in [-0.2, -0.15) is 0 Å². The fourth-order valence-corrected chi connectivity index (χ4v) is 3.45. The molecule has 2 heterocycles. The maximum Gasteiger partial charge on any atom is 0.0686 e. The normalized spacial score (nSPS) is 20.3. The number of hydrogen-bond donors (Lipinski definition) is 1. The lowest BCUT2D eigenvalue weighted by molar-refractivity contribution is 0.254. The molecule has 1 aromatic heterocycles. The number of pyridine rings is 1. The van der Waals surface area contributed by atoms with Gasteiger partial charge in [-0.1, -0.05) is 6.42 Å².